The van der Waals surface area contributed by atoms with Crippen molar-refractivity contribution in [1.29, 1.82) is 0 Å². The highest BCUT2D eigenvalue weighted by atomic mass is 16.1. The largest absolute Gasteiger partial charge is 0.370 e. The summed E-state index contributed by atoms with van der Waals surface area (Å²) < 4.78 is 2.10. The van der Waals surface area contributed by atoms with Crippen molar-refractivity contribution < 1.29 is 4.79 Å². The maximum absolute atomic E-state index is 10.4. The van der Waals surface area contributed by atoms with Crippen molar-refractivity contribution in [3.8, 4) is 0 Å². The molecule has 0 atom stereocenters. The first kappa shape index (κ1) is 8.84. The Labute approximate surface area is 72.2 Å². The molecule has 3 nitrogen and oxygen atoms in total. The molecule has 0 aromatic carbocycles. The lowest BCUT2D eigenvalue weighted by Gasteiger charge is -2.00. The minimum atomic E-state index is -0.206. The maximum Gasteiger partial charge on any atom is 0.217 e. The summed E-state index contributed by atoms with van der Waals surface area (Å²) in [7, 11) is 0. The topological polar surface area (TPSA) is 48.0 Å². The van der Waals surface area contributed by atoms with Gasteiger partial charge in [0.25, 0.3) is 0 Å². The number of aryl methyl sites for hydroxylation is 1. The number of hydrogen-bond acceptors (Lipinski definition) is 1. The molecule has 0 unspecified atom stereocenters. The van der Waals surface area contributed by atoms with Gasteiger partial charge in [0.15, 0.2) is 0 Å². The van der Waals surface area contributed by atoms with Gasteiger partial charge in [-0.15, -0.1) is 0 Å². The van der Waals surface area contributed by atoms with Crippen LogP contribution in [0.3, 0.4) is 0 Å². The Hall–Kier alpha value is -1.25. The number of hydrogen-bond donors (Lipinski definition) is 1. The number of rotatable bonds is 5. The van der Waals surface area contributed by atoms with Crippen LogP contribution in [0.15, 0.2) is 24.5 Å². The van der Waals surface area contributed by atoms with Gasteiger partial charge in [0.05, 0.1) is 0 Å². The van der Waals surface area contributed by atoms with E-state index in [1.807, 2.05) is 24.5 Å². The molecule has 0 aliphatic heterocycles. The maximum atomic E-state index is 10.4. The van der Waals surface area contributed by atoms with Crippen LogP contribution in [-0.4, -0.2) is 10.5 Å². The fourth-order valence-electron chi connectivity index (χ4n) is 1.11. The van der Waals surface area contributed by atoms with Gasteiger partial charge < -0.3 is 10.3 Å². The van der Waals surface area contributed by atoms with Gasteiger partial charge in [-0.05, 0) is 25.0 Å². The molecule has 12 heavy (non-hydrogen) atoms. The monoisotopic (exact) mass is 166 g/mol. The van der Waals surface area contributed by atoms with Gasteiger partial charge in [-0.3, -0.25) is 4.79 Å². The lowest BCUT2D eigenvalue weighted by atomic mass is 10.2. The molecule has 0 aliphatic carbocycles. The Morgan fingerprint density at radius 2 is 1.92 bits per heavy atom. The first-order valence-corrected chi connectivity index (χ1v) is 4.18. The van der Waals surface area contributed by atoms with E-state index in [9.17, 15) is 4.79 Å². The van der Waals surface area contributed by atoms with Crippen molar-refractivity contribution in [2.75, 3.05) is 0 Å². The van der Waals surface area contributed by atoms with Gasteiger partial charge in [0.2, 0.25) is 5.91 Å². The molecule has 0 saturated heterocycles. The molecule has 0 bridgehead atoms. The summed E-state index contributed by atoms with van der Waals surface area (Å²) in [6, 6.07) is 3.99. The summed E-state index contributed by atoms with van der Waals surface area (Å²) in [6.45, 7) is 0.972. The van der Waals surface area contributed by atoms with E-state index in [2.05, 4.69) is 4.57 Å². The van der Waals surface area contributed by atoms with E-state index in [0.717, 1.165) is 19.4 Å². The van der Waals surface area contributed by atoms with Crippen LogP contribution in [-0.2, 0) is 11.3 Å². The number of carbonyl (C=O) groups excluding carboxylic acids is 1. The molecule has 1 aromatic rings. The van der Waals surface area contributed by atoms with Crippen LogP contribution < -0.4 is 5.73 Å². The van der Waals surface area contributed by atoms with Crippen LogP contribution >= 0.6 is 0 Å². The predicted octanol–water partition coefficient (Wildman–Crippen LogP) is 1.14. The van der Waals surface area contributed by atoms with E-state index in [1.54, 1.807) is 0 Å². The van der Waals surface area contributed by atoms with Crippen LogP contribution in [0.1, 0.15) is 19.3 Å². The summed E-state index contributed by atoms with van der Waals surface area (Å²) in [5, 5.41) is 0. The number of aromatic nitrogens is 1. The molecule has 1 amide bonds. The fourth-order valence-corrected chi connectivity index (χ4v) is 1.11. The van der Waals surface area contributed by atoms with E-state index in [4.69, 9.17) is 5.73 Å². The number of carbonyl (C=O) groups is 1. The second-order valence-electron chi connectivity index (χ2n) is 2.84. The average Bonchev–Trinajstić information content (AvgIpc) is 2.49. The molecule has 1 aromatic heterocycles. The molecular weight excluding hydrogens is 152 g/mol. The van der Waals surface area contributed by atoms with Gasteiger partial charge in [0.1, 0.15) is 0 Å². The summed E-state index contributed by atoms with van der Waals surface area (Å²) in [5.41, 5.74) is 5.01. The standard InChI is InChI=1S/C9H14N2O/c10-9(12)5-1-2-6-11-7-3-4-8-11/h3-4,7-8H,1-2,5-6H2,(H2,10,12). The minimum absolute atomic E-state index is 0.206. The van der Waals surface area contributed by atoms with Gasteiger partial charge in [-0.2, -0.15) is 0 Å². The van der Waals surface area contributed by atoms with E-state index in [-0.39, 0.29) is 5.91 Å². The Kier molecular flexibility index (Phi) is 3.38. The van der Waals surface area contributed by atoms with Crippen molar-refractivity contribution in [1.82, 2.24) is 4.57 Å². The molecule has 0 fully saturated rings. The third-order valence-corrected chi connectivity index (χ3v) is 1.76. The van der Waals surface area contributed by atoms with Crippen molar-refractivity contribution in [3.05, 3.63) is 24.5 Å². The number of nitrogens with two attached hydrogens (primary N) is 1. The quantitative estimate of drug-likeness (QED) is 0.655. The molecule has 0 saturated carbocycles. The Morgan fingerprint density at radius 1 is 1.25 bits per heavy atom. The second-order valence-corrected chi connectivity index (χ2v) is 2.84. The number of nitrogens with zero attached hydrogens (tertiary/aromatic N) is 1. The summed E-state index contributed by atoms with van der Waals surface area (Å²) >= 11 is 0. The SMILES string of the molecule is NC(=O)CCCCn1cccc1. The van der Waals surface area contributed by atoms with Crippen LogP contribution in [0.25, 0.3) is 0 Å². The highest BCUT2D eigenvalue weighted by Crippen LogP contribution is 1.99. The number of primary amides is 1. The molecule has 1 rings (SSSR count). The zero-order chi connectivity index (χ0) is 8.81. The minimum Gasteiger partial charge on any atom is -0.370 e. The van der Waals surface area contributed by atoms with Crippen LogP contribution in [0.2, 0.25) is 0 Å². The number of amides is 1. The molecule has 3 heteroatoms. The van der Waals surface area contributed by atoms with Crippen molar-refractivity contribution in [2.24, 2.45) is 5.73 Å². The average molecular weight is 166 g/mol. The van der Waals surface area contributed by atoms with Crippen LogP contribution in [0.5, 0.6) is 0 Å². The molecular formula is C9H14N2O. The van der Waals surface area contributed by atoms with Crippen LogP contribution in [0, 0.1) is 0 Å². The van der Waals surface area contributed by atoms with Gasteiger partial charge in [-0.25, -0.2) is 0 Å². The second kappa shape index (κ2) is 4.59. The molecule has 1 heterocycles. The van der Waals surface area contributed by atoms with E-state index < -0.39 is 0 Å². The number of unbranched alkanes of at least 4 members (excludes halogenated alkanes) is 1. The lowest BCUT2D eigenvalue weighted by Crippen LogP contribution is -2.10. The molecule has 0 radical (unpaired) electrons. The molecule has 2 N–H and O–H groups in total. The Morgan fingerprint density at radius 3 is 2.50 bits per heavy atom. The highest BCUT2D eigenvalue weighted by Gasteiger charge is 1.94. The zero-order valence-electron chi connectivity index (χ0n) is 7.07. The predicted molar refractivity (Wildman–Crippen MR) is 47.5 cm³/mol. The zero-order valence-corrected chi connectivity index (χ0v) is 7.07. The van der Waals surface area contributed by atoms with Gasteiger partial charge in [-0.1, -0.05) is 0 Å². The first-order valence-electron chi connectivity index (χ1n) is 4.18. The van der Waals surface area contributed by atoms with Crippen molar-refractivity contribution in [2.45, 2.75) is 25.8 Å². The van der Waals surface area contributed by atoms with Gasteiger partial charge >= 0.3 is 0 Å². The summed E-state index contributed by atoms with van der Waals surface area (Å²) in [6.07, 6.45) is 6.43. The van der Waals surface area contributed by atoms with E-state index in [1.165, 1.54) is 0 Å². The highest BCUT2D eigenvalue weighted by molar-refractivity contribution is 5.73. The third-order valence-electron chi connectivity index (χ3n) is 1.76. The summed E-state index contributed by atoms with van der Waals surface area (Å²) in [5.74, 6) is -0.206. The van der Waals surface area contributed by atoms with E-state index in [0.29, 0.717) is 6.42 Å². The molecule has 0 spiro atoms. The Balaban J connectivity index is 2.07. The lowest BCUT2D eigenvalue weighted by molar-refractivity contribution is -0.118. The third kappa shape index (κ3) is 3.23. The first-order chi connectivity index (χ1) is 5.79. The van der Waals surface area contributed by atoms with E-state index >= 15 is 0 Å². The van der Waals surface area contributed by atoms with Crippen molar-refractivity contribution in [3.63, 3.8) is 0 Å². The van der Waals surface area contributed by atoms with Crippen molar-refractivity contribution >= 4 is 5.91 Å². The van der Waals surface area contributed by atoms with Crippen LogP contribution in [0.4, 0.5) is 0 Å². The summed E-state index contributed by atoms with van der Waals surface area (Å²) in [4.78, 5) is 10.4. The fraction of sp³-hybridized carbons (Fsp3) is 0.444. The van der Waals surface area contributed by atoms with Gasteiger partial charge in [0, 0.05) is 25.4 Å². The normalized spacial score (nSPS) is 10.0. The smallest absolute Gasteiger partial charge is 0.217 e. The molecule has 0 aliphatic rings. The Bertz CT molecular complexity index is 229. The molecule has 66 valence electrons.